The zero-order chi connectivity index (χ0) is 13.1. The van der Waals surface area contributed by atoms with Gasteiger partial charge in [-0.3, -0.25) is 0 Å². The summed E-state index contributed by atoms with van der Waals surface area (Å²) < 4.78 is 0. The lowest BCUT2D eigenvalue weighted by molar-refractivity contribution is 0.156. The van der Waals surface area contributed by atoms with Crippen LogP contribution in [0.15, 0.2) is 35.0 Å². The van der Waals surface area contributed by atoms with Gasteiger partial charge < -0.3 is 0 Å². The van der Waals surface area contributed by atoms with Gasteiger partial charge in [0.05, 0.1) is 0 Å². The van der Waals surface area contributed by atoms with E-state index in [-0.39, 0.29) is 0 Å². The molecule has 0 bridgehead atoms. The molecule has 0 nitrogen and oxygen atoms in total. The van der Waals surface area contributed by atoms with Crippen LogP contribution in [0.5, 0.6) is 0 Å². The SMILES string of the molecule is CCCCCC1CCC1(c1cccs1)c1cccs1. The lowest BCUT2D eigenvalue weighted by Crippen LogP contribution is -2.44. The van der Waals surface area contributed by atoms with Gasteiger partial charge in [0.1, 0.15) is 0 Å². The molecule has 0 N–H and O–H groups in total. The molecule has 19 heavy (non-hydrogen) atoms. The van der Waals surface area contributed by atoms with Gasteiger partial charge in [-0.1, -0.05) is 38.3 Å². The highest BCUT2D eigenvalue weighted by atomic mass is 32.1. The van der Waals surface area contributed by atoms with Crippen LogP contribution < -0.4 is 0 Å². The van der Waals surface area contributed by atoms with Gasteiger partial charge in [-0.15, -0.1) is 22.7 Å². The Kier molecular flexibility index (Phi) is 4.09. The zero-order valence-electron chi connectivity index (χ0n) is 11.6. The number of unbranched alkanes of at least 4 members (excludes halogenated alkanes) is 2. The van der Waals surface area contributed by atoms with E-state index in [0.717, 1.165) is 5.92 Å². The van der Waals surface area contributed by atoms with Gasteiger partial charge in [-0.05, 0) is 48.1 Å². The second-order valence-corrected chi connectivity index (χ2v) is 7.55. The van der Waals surface area contributed by atoms with Crippen molar-refractivity contribution in [2.45, 2.75) is 50.9 Å². The van der Waals surface area contributed by atoms with Gasteiger partial charge in [0.15, 0.2) is 0 Å². The fourth-order valence-electron chi connectivity index (χ4n) is 3.50. The second kappa shape index (κ2) is 5.80. The highest BCUT2D eigenvalue weighted by Gasteiger charge is 2.49. The van der Waals surface area contributed by atoms with E-state index in [1.54, 1.807) is 9.75 Å². The quantitative estimate of drug-likeness (QED) is 0.565. The highest BCUT2D eigenvalue weighted by molar-refractivity contribution is 7.11. The third-order valence-corrected chi connectivity index (χ3v) is 6.76. The number of hydrogen-bond acceptors (Lipinski definition) is 2. The van der Waals surface area contributed by atoms with Crippen LogP contribution in [0.2, 0.25) is 0 Å². The molecule has 2 heteroatoms. The number of rotatable bonds is 6. The number of hydrogen-bond donors (Lipinski definition) is 0. The Morgan fingerprint density at radius 1 is 1.11 bits per heavy atom. The summed E-state index contributed by atoms with van der Waals surface area (Å²) in [6, 6.07) is 9.15. The molecule has 1 fully saturated rings. The van der Waals surface area contributed by atoms with Gasteiger partial charge >= 0.3 is 0 Å². The van der Waals surface area contributed by atoms with E-state index in [1.165, 1.54) is 38.5 Å². The van der Waals surface area contributed by atoms with Crippen LogP contribution in [-0.4, -0.2) is 0 Å². The van der Waals surface area contributed by atoms with E-state index >= 15 is 0 Å². The molecule has 0 spiro atoms. The molecule has 102 valence electrons. The van der Waals surface area contributed by atoms with Gasteiger partial charge in [-0.25, -0.2) is 0 Å². The Balaban J connectivity index is 1.86. The largest absolute Gasteiger partial charge is 0.148 e. The van der Waals surface area contributed by atoms with Crippen LogP contribution in [0.3, 0.4) is 0 Å². The molecular weight excluding hydrogens is 268 g/mol. The van der Waals surface area contributed by atoms with Crippen LogP contribution in [0.25, 0.3) is 0 Å². The van der Waals surface area contributed by atoms with Crippen molar-refractivity contribution >= 4 is 22.7 Å². The van der Waals surface area contributed by atoms with Gasteiger partial charge in [0.25, 0.3) is 0 Å². The maximum absolute atomic E-state index is 2.36. The van der Waals surface area contributed by atoms with Crippen molar-refractivity contribution in [3.05, 3.63) is 44.8 Å². The molecule has 0 amide bonds. The normalized spacial score (nSPS) is 21.2. The molecular formula is C17H22S2. The van der Waals surface area contributed by atoms with E-state index in [4.69, 9.17) is 0 Å². The molecule has 0 saturated heterocycles. The van der Waals surface area contributed by atoms with E-state index < -0.39 is 0 Å². The fraction of sp³-hybridized carbons (Fsp3) is 0.529. The van der Waals surface area contributed by atoms with Crippen molar-refractivity contribution in [2.24, 2.45) is 5.92 Å². The van der Waals surface area contributed by atoms with Crippen molar-refractivity contribution in [1.29, 1.82) is 0 Å². The summed E-state index contributed by atoms with van der Waals surface area (Å²) in [5.74, 6) is 0.872. The van der Waals surface area contributed by atoms with Crippen LogP contribution >= 0.6 is 22.7 Å². The molecule has 2 aromatic heterocycles. The molecule has 2 aromatic rings. The average Bonchev–Trinajstić information content (AvgIpc) is 3.07. The van der Waals surface area contributed by atoms with Gasteiger partial charge in [0.2, 0.25) is 0 Å². The summed E-state index contributed by atoms with van der Waals surface area (Å²) in [5, 5.41) is 4.48. The first-order valence-electron chi connectivity index (χ1n) is 7.46. The van der Waals surface area contributed by atoms with Crippen molar-refractivity contribution in [3.63, 3.8) is 0 Å². The molecule has 0 aliphatic heterocycles. The van der Waals surface area contributed by atoms with Crippen LogP contribution in [-0.2, 0) is 5.41 Å². The average molecular weight is 290 g/mol. The highest BCUT2D eigenvalue weighted by Crippen LogP contribution is 2.57. The lowest BCUT2D eigenvalue weighted by Gasteiger charge is -2.49. The first-order chi connectivity index (χ1) is 9.38. The topological polar surface area (TPSA) is 0 Å². The smallest absolute Gasteiger partial charge is 0.0418 e. The summed E-state index contributed by atoms with van der Waals surface area (Å²) in [4.78, 5) is 3.20. The Hall–Kier alpha value is -0.600. The van der Waals surface area contributed by atoms with Gasteiger partial charge in [0, 0.05) is 15.2 Å². The minimum atomic E-state index is 0.371. The third kappa shape index (κ3) is 2.30. The van der Waals surface area contributed by atoms with Crippen LogP contribution in [0.4, 0.5) is 0 Å². The summed E-state index contributed by atoms with van der Waals surface area (Å²) in [6.45, 7) is 2.30. The van der Waals surface area contributed by atoms with E-state index in [2.05, 4.69) is 41.9 Å². The molecule has 0 aromatic carbocycles. The Morgan fingerprint density at radius 3 is 2.21 bits per heavy atom. The predicted molar refractivity (Wildman–Crippen MR) is 86.3 cm³/mol. The van der Waals surface area contributed by atoms with Crippen LogP contribution in [0, 0.1) is 5.92 Å². The molecule has 2 heterocycles. The lowest BCUT2D eigenvalue weighted by atomic mass is 9.57. The Labute approximate surface area is 124 Å². The predicted octanol–water partition coefficient (Wildman–Crippen LogP) is 6.09. The van der Waals surface area contributed by atoms with Crippen LogP contribution in [0.1, 0.15) is 55.2 Å². The monoisotopic (exact) mass is 290 g/mol. The van der Waals surface area contributed by atoms with E-state index in [1.807, 2.05) is 22.7 Å². The third-order valence-electron chi connectivity index (χ3n) is 4.66. The minimum absolute atomic E-state index is 0.371. The summed E-state index contributed by atoms with van der Waals surface area (Å²) in [7, 11) is 0. The summed E-state index contributed by atoms with van der Waals surface area (Å²) in [6.07, 6.45) is 8.30. The zero-order valence-corrected chi connectivity index (χ0v) is 13.2. The molecule has 0 radical (unpaired) electrons. The maximum Gasteiger partial charge on any atom is 0.0418 e. The molecule has 1 aliphatic rings. The van der Waals surface area contributed by atoms with E-state index in [0.29, 0.717) is 5.41 Å². The van der Waals surface area contributed by atoms with Crippen molar-refractivity contribution in [3.8, 4) is 0 Å². The van der Waals surface area contributed by atoms with Crippen molar-refractivity contribution < 1.29 is 0 Å². The minimum Gasteiger partial charge on any atom is -0.148 e. The molecule has 1 atom stereocenters. The standard InChI is InChI=1S/C17H22S2/c1-2-3-4-7-14-10-11-17(14,15-8-5-12-18-15)16-9-6-13-19-16/h5-6,8-9,12-14H,2-4,7,10-11H2,1H3. The number of thiophene rings is 2. The van der Waals surface area contributed by atoms with Crippen molar-refractivity contribution in [1.82, 2.24) is 0 Å². The maximum atomic E-state index is 2.36. The molecule has 3 rings (SSSR count). The Morgan fingerprint density at radius 2 is 1.79 bits per heavy atom. The molecule has 1 saturated carbocycles. The molecule has 1 aliphatic carbocycles. The van der Waals surface area contributed by atoms with Crippen molar-refractivity contribution in [2.75, 3.05) is 0 Å². The van der Waals surface area contributed by atoms with Gasteiger partial charge in [-0.2, -0.15) is 0 Å². The molecule has 1 unspecified atom stereocenters. The fourth-order valence-corrected chi connectivity index (χ4v) is 5.67. The summed E-state index contributed by atoms with van der Waals surface area (Å²) in [5.41, 5.74) is 0.371. The first kappa shape index (κ1) is 13.4. The summed E-state index contributed by atoms with van der Waals surface area (Å²) >= 11 is 3.91. The van der Waals surface area contributed by atoms with E-state index in [9.17, 15) is 0 Å². The second-order valence-electron chi connectivity index (χ2n) is 5.66. The first-order valence-corrected chi connectivity index (χ1v) is 9.22. The Bertz CT molecular complexity index is 447.